The molecule has 3 heteroatoms. The van der Waals surface area contributed by atoms with Crippen LogP contribution in [0.5, 0.6) is 0 Å². The Morgan fingerprint density at radius 2 is 2.00 bits per heavy atom. The van der Waals surface area contributed by atoms with Crippen LogP contribution in [0.25, 0.3) is 0 Å². The summed E-state index contributed by atoms with van der Waals surface area (Å²) in [5.74, 6) is 1.17. The summed E-state index contributed by atoms with van der Waals surface area (Å²) < 4.78 is 0.326. The van der Waals surface area contributed by atoms with Gasteiger partial charge in [-0.3, -0.25) is 0 Å². The first kappa shape index (κ1) is 11.3. The van der Waals surface area contributed by atoms with Crippen LogP contribution in [0.4, 0.5) is 5.69 Å². The quantitative estimate of drug-likeness (QED) is 0.745. The first-order valence-corrected chi connectivity index (χ1v) is 6.48. The van der Waals surface area contributed by atoms with E-state index in [-0.39, 0.29) is 0 Å². The molecule has 0 amide bonds. The second kappa shape index (κ2) is 4.39. The summed E-state index contributed by atoms with van der Waals surface area (Å²) in [5.41, 5.74) is 1.96. The summed E-state index contributed by atoms with van der Waals surface area (Å²) in [4.78, 5) is 2.40. The van der Waals surface area contributed by atoms with Crippen LogP contribution in [0.15, 0.2) is 24.3 Å². The fourth-order valence-corrected chi connectivity index (χ4v) is 3.10. The van der Waals surface area contributed by atoms with Crippen LogP contribution in [-0.4, -0.2) is 23.6 Å². The van der Waals surface area contributed by atoms with Gasteiger partial charge < -0.3 is 4.90 Å². The molecular weight excluding hydrogens is 216 g/mol. The molecule has 1 saturated heterocycles. The summed E-state index contributed by atoms with van der Waals surface area (Å²) in [6, 6.07) is 10.0. The van der Waals surface area contributed by atoms with E-state index in [1.54, 1.807) is 0 Å². The molecule has 0 saturated carbocycles. The van der Waals surface area contributed by atoms with Crippen LogP contribution >= 0.6 is 11.8 Å². The Morgan fingerprint density at radius 1 is 1.31 bits per heavy atom. The summed E-state index contributed by atoms with van der Waals surface area (Å²) in [6.45, 7) is 6.74. The highest BCUT2D eigenvalue weighted by Gasteiger charge is 2.26. The standard InChI is InChI=1S/C13H16N2S/c1-13(2)10-15(7-8-16-13)12-5-3-11(9-14)4-6-12/h3-6H,7-8,10H2,1-2H3. The third-order valence-corrected chi connectivity index (χ3v) is 4.08. The number of anilines is 1. The second-order valence-corrected chi connectivity index (χ2v) is 6.49. The lowest BCUT2D eigenvalue weighted by Crippen LogP contribution is -2.43. The molecule has 0 unspecified atom stereocenters. The summed E-state index contributed by atoms with van der Waals surface area (Å²) >= 11 is 2.03. The monoisotopic (exact) mass is 232 g/mol. The van der Waals surface area contributed by atoms with Gasteiger partial charge >= 0.3 is 0 Å². The molecule has 1 aliphatic heterocycles. The second-order valence-electron chi connectivity index (χ2n) is 4.69. The summed E-state index contributed by atoms with van der Waals surface area (Å²) in [6.07, 6.45) is 0. The SMILES string of the molecule is CC1(C)CN(c2ccc(C#N)cc2)CCS1. The van der Waals surface area contributed by atoms with Crippen LogP contribution < -0.4 is 4.90 Å². The minimum absolute atomic E-state index is 0.326. The predicted molar refractivity (Wildman–Crippen MR) is 69.9 cm³/mol. The van der Waals surface area contributed by atoms with Crippen molar-refractivity contribution in [3.8, 4) is 6.07 Å². The highest BCUT2D eigenvalue weighted by molar-refractivity contribution is 8.00. The van der Waals surface area contributed by atoms with E-state index in [4.69, 9.17) is 5.26 Å². The summed E-state index contributed by atoms with van der Waals surface area (Å²) in [5, 5.41) is 8.75. The van der Waals surface area contributed by atoms with Gasteiger partial charge in [0, 0.05) is 29.3 Å². The van der Waals surface area contributed by atoms with Gasteiger partial charge in [0.1, 0.15) is 0 Å². The molecule has 2 nitrogen and oxygen atoms in total. The smallest absolute Gasteiger partial charge is 0.0991 e. The highest BCUT2D eigenvalue weighted by atomic mass is 32.2. The van der Waals surface area contributed by atoms with Gasteiger partial charge in [-0.15, -0.1) is 0 Å². The van der Waals surface area contributed by atoms with Crippen LogP contribution in [0.1, 0.15) is 19.4 Å². The first-order chi connectivity index (χ1) is 7.61. The van der Waals surface area contributed by atoms with Gasteiger partial charge in [-0.1, -0.05) is 0 Å². The third-order valence-electron chi connectivity index (χ3n) is 2.79. The van der Waals surface area contributed by atoms with Gasteiger partial charge in [-0.2, -0.15) is 17.0 Å². The molecule has 1 heterocycles. The Kier molecular flexibility index (Phi) is 3.11. The largest absolute Gasteiger partial charge is 0.369 e. The maximum absolute atomic E-state index is 8.75. The van der Waals surface area contributed by atoms with Crippen molar-refractivity contribution in [1.82, 2.24) is 0 Å². The van der Waals surface area contributed by atoms with Crippen LogP contribution in [0, 0.1) is 11.3 Å². The third kappa shape index (κ3) is 2.51. The number of thioether (sulfide) groups is 1. The fraction of sp³-hybridized carbons (Fsp3) is 0.462. The molecule has 0 spiro atoms. The molecule has 1 aliphatic rings. The molecular formula is C13H16N2S. The van der Waals surface area contributed by atoms with E-state index >= 15 is 0 Å². The number of hydrogen-bond donors (Lipinski definition) is 0. The van der Waals surface area contributed by atoms with Crippen molar-refractivity contribution in [3.05, 3.63) is 29.8 Å². The molecule has 16 heavy (non-hydrogen) atoms. The Bertz CT molecular complexity index is 403. The molecule has 0 radical (unpaired) electrons. The molecule has 2 rings (SSSR count). The Morgan fingerprint density at radius 3 is 2.56 bits per heavy atom. The number of nitriles is 1. The van der Waals surface area contributed by atoms with Crippen LogP contribution in [0.3, 0.4) is 0 Å². The van der Waals surface area contributed by atoms with E-state index in [2.05, 4.69) is 24.8 Å². The Balaban J connectivity index is 2.15. The highest BCUT2D eigenvalue weighted by Crippen LogP contribution is 2.32. The first-order valence-electron chi connectivity index (χ1n) is 5.50. The van der Waals surface area contributed by atoms with Crippen molar-refractivity contribution in [1.29, 1.82) is 5.26 Å². The number of rotatable bonds is 1. The van der Waals surface area contributed by atoms with E-state index < -0.39 is 0 Å². The van der Waals surface area contributed by atoms with Gasteiger partial charge in [-0.25, -0.2) is 0 Å². The molecule has 1 aromatic rings. The topological polar surface area (TPSA) is 27.0 Å². The minimum atomic E-state index is 0.326. The molecule has 0 N–H and O–H groups in total. The number of benzene rings is 1. The van der Waals surface area contributed by atoms with Gasteiger partial charge in [0.15, 0.2) is 0 Å². The lowest BCUT2D eigenvalue weighted by molar-refractivity contribution is 0.648. The molecule has 84 valence electrons. The van der Waals surface area contributed by atoms with E-state index in [1.807, 2.05) is 36.0 Å². The van der Waals surface area contributed by atoms with E-state index in [0.29, 0.717) is 4.75 Å². The molecule has 0 aliphatic carbocycles. The normalized spacial score (nSPS) is 19.2. The zero-order valence-corrected chi connectivity index (χ0v) is 10.5. The van der Waals surface area contributed by atoms with E-state index in [1.165, 1.54) is 11.4 Å². The molecule has 0 atom stereocenters. The van der Waals surface area contributed by atoms with Gasteiger partial charge in [-0.05, 0) is 38.1 Å². The summed E-state index contributed by atoms with van der Waals surface area (Å²) in [7, 11) is 0. The van der Waals surface area contributed by atoms with Crippen molar-refractivity contribution in [2.75, 3.05) is 23.7 Å². The number of hydrogen-bond acceptors (Lipinski definition) is 3. The average Bonchev–Trinajstić information content (AvgIpc) is 2.28. The van der Waals surface area contributed by atoms with Crippen molar-refractivity contribution in [3.63, 3.8) is 0 Å². The maximum Gasteiger partial charge on any atom is 0.0991 e. The van der Waals surface area contributed by atoms with Gasteiger partial charge in [0.05, 0.1) is 11.6 Å². The molecule has 0 bridgehead atoms. The lowest BCUT2D eigenvalue weighted by atomic mass is 10.1. The fourth-order valence-electron chi connectivity index (χ4n) is 1.98. The lowest BCUT2D eigenvalue weighted by Gasteiger charge is -2.39. The zero-order valence-electron chi connectivity index (χ0n) is 9.73. The van der Waals surface area contributed by atoms with Crippen LogP contribution in [0.2, 0.25) is 0 Å². The van der Waals surface area contributed by atoms with Crippen LogP contribution in [-0.2, 0) is 0 Å². The Labute approximate surface area is 101 Å². The predicted octanol–water partition coefficient (Wildman–Crippen LogP) is 2.89. The van der Waals surface area contributed by atoms with Crippen molar-refractivity contribution >= 4 is 17.4 Å². The van der Waals surface area contributed by atoms with E-state index in [0.717, 1.165) is 18.7 Å². The average molecular weight is 232 g/mol. The van der Waals surface area contributed by atoms with Gasteiger partial charge in [0.25, 0.3) is 0 Å². The number of nitrogens with zero attached hydrogens (tertiary/aromatic N) is 2. The molecule has 1 fully saturated rings. The van der Waals surface area contributed by atoms with E-state index in [9.17, 15) is 0 Å². The van der Waals surface area contributed by atoms with Crippen molar-refractivity contribution in [2.24, 2.45) is 0 Å². The minimum Gasteiger partial charge on any atom is -0.369 e. The van der Waals surface area contributed by atoms with Gasteiger partial charge in [0.2, 0.25) is 0 Å². The molecule has 1 aromatic carbocycles. The zero-order chi connectivity index (χ0) is 11.6. The Hall–Kier alpha value is -1.14. The van der Waals surface area contributed by atoms with Crippen molar-refractivity contribution in [2.45, 2.75) is 18.6 Å². The maximum atomic E-state index is 8.75. The van der Waals surface area contributed by atoms with Crippen molar-refractivity contribution < 1.29 is 0 Å². The molecule has 0 aromatic heterocycles.